The van der Waals surface area contributed by atoms with Crippen molar-refractivity contribution in [2.45, 2.75) is 0 Å². The van der Waals surface area contributed by atoms with Gasteiger partial charge >= 0.3 is 0 Å². The Hall–Kier alpha value is -0.890. The fourth-order valence-corrected chi connectivity index (χ4v) is 0.793. The van der Waals surface area contributed by atoms with E-state index in [4.69, 9.17) is 11.6 Å². The van der Waals surface area contributed by atoms with Crippen LogP contribution in [-0.4, -0.2) is 6.29 Å². The molecule has 0 atom stereocenters. The van der Waals surface area contributed by atoms with Crippen molar-refractivity contribution in [2.75, 3.05) is 0 Å². The highest BCUT2D eigenvalue weighted by atomic mass is 35.5. The molecule has 0 bridgehead atoms. The molecule has 0 spiro atoms. The highest BCUT2D eigenvalue weighted by Crippen LogP contribution is 2.15. The molecule has 1 aromatic carbocycles. The number of carbonyl (C=O) groups excluding carboxylic acids is 1. The van der Waals surface area contributed by atoms with Crippen LogP contribution in [0.4, 0.5) is 4.39 Å². The largest absolute Gasteiger partial charge is 0.298 e. The summed E-state index contributed by atoms with van der Waals surface area (Å²) in [5, 5.41) is -0.0235. The Balaban J connectivity index is 3.27. The average molecular weight is 165 g/mol. The number of halogens is 2. The van der Waals surface area contributed by atoms with Crippen molar-refractivity contribution in [2.24, 2.45) is 0 Å². The summed E-state index contributed by atoms with van der Waals surface area (Å²) in [7, 11) is 0. The minimum atomic E-state index is -0.654. The molecule has 3 heteroatoms. The minimum absolute atomic E-state index is 0.00694. The quantitative estimate of drug-likeness (QED) is 0.582. The van der Waals surface area contributed by atoms with E-state index in [1.54, 1.807) is 0 Å². The van der Waals surface area contributed by atoms with Gasteiger partial charge in [0, 0.05) is 0 Å². The molecule has 1 nitrogen and oxygen atoms in total. The molecule has 0 aliphatic heterocycles. The first kappa shape index (κ1) is 7.22. The summed E-state index contributed by atoms with van der Waals surface area (Å²) >= 11 is 5.36. The Morgan fingerprint density at radius 2 is 2.20 bits per heavy atom. The van der Waals surface area contributed by atoms with Gasteiger partial charge in [-0.15, -0.1) is 0 Å². The molecule has 1 aromatic rings. The molecule has 0 radical (unpaired) electrons. The van der Waals surface area contributed by atoms with Crippen molar-refractivity contribution in [3.05, 3.63) is 34.6 Å². The predicted octanol–water partition coefficient (Wildman–Crippen LogP) is 2.29. The zero-order valence-corrected chi connectivity index (χ0v) is 5.73. The fourth-order valence-electron chi connectivity index (χ4n) is 0.611. The molecule has 0 unspecified atom stereocenters. The molecule has 0 fully saturated rings. The Bertz CT molecular complexity index is 260. The third-order valence-electron chi connectivity index (χ3n) is 1.11. The number of hydrogen-bond acceptors (Lipinski definition) is 1. The first-order valence-electron chi connectivity index (χ1n) is 2.65. The maximum Gasteiger partial charge on any atom is 0.153 e. The number of benzene rings is 1. The van der Waals surface area contributed by atoms with E-state index in [-0.39, 0.29) is 10.6 Å². The first-order valence-corrected chi connectivity index (χ1v) is 3.02. The Labute approximate surface area is 62.4 Å². The second-order valence-electron chi connectivity index (χ2n) is 1.76. The molecular weight excluding hydrogens is 160 g/mol. The van der Waals surface area contributed by atoms with Gasteiger partial charge in [0.1, 0.15) is 0 Å². The number of rotatable bonds is 1. The van der Waals surface area contributed by atoms with Crippen LogP contribution in [0.25, 0.3) is 0 Å². The minimum Gasteiger partial charge on any atom is -0.298 e. The molecule has 52 valence electrons. The zero-order valence-electron chi connectivity index (χ0n) is 4.97. The second kappa shape index (κ2) is 2.80. The number of carbonyl (C=O) groups is 1. The van der Waals surface area contributed by atoms with Crippen LogP contribution in [0.1, 0.15) is 10.4 Å². The van der Waals surface area contributed by atoms with Gasteiger partial charge in [0.2, 0.25) is 0 Å². The van der Waals surface area contributed by atoms with Crippen LogP contribution in [0.15, 0.2) is 18.2 Å². The van der Waals surface area contributed by atoms with Gasteiger partial charge in [0.15, 0.2) is 12.1 Å². The molecule has 0 heterocycles. The molecule has 0 aliphatic rings. The van der Waals surface area contributed by atoms with E-state index in [1.165, 1.54) is 18.2 Å². The van der Waals surface area contributed by atoms with E-state index in [2.05, 4.69) is 0 Å². The highest BCUT2D eigenvalue weighted by Gasteiger charge is 2.02. The van der Waals surface area contributed by atoms with Gasteiger partial charge in [-0.2, -0.15) is 0 Å². The van der Waals surface area contributed by atoms with Crippen molar-refractivity contribution in [1.82, 2.24) is 0 Å². The molecule has 1 rings (SSSR count). The summed E-state index contributed by atoms with van der Waals surface area (Å²) in [6, 6.07) is 4.28. The molecule has 0 N–H and O–H groups in total. The Kier molecular flexibility index (Phi) is 2.02. The molecule has 0 amide bonds. The van der Waals surface area contributed by atoms with Gasteiger partial charge in [0.25, 0.3) is 0 Å². The highest BCUT2D eigenvalue weighted by molar-refractivity contribution is 6.31. The molecule has 0 saturated heterocycles. The van der Waals surface area contributed by atoms with Crippen molar-refractivity contribution >= 4 is 17.9 Å². The van der Waals surface area contributed by atoms with E-state index >= 15 is 0 Å². The van der Waals surface area contributed by atoms with Gasteiger partial charge in [-0.25, -0.2) is 4.39 Å². The first-order chi connectivity index (χ1) is 4.75. The normalized spacial score (nSPS) is 9.40. The van der Waals surface area contributed by atoms with Crippen molar-refractivity contribution in [1.29, 1.82) is 0 Å². The van der Waals surface area contributed by atoms with Crippen LogP contribution < -0.4 is 0 Å². The summed E-state index contributed by atoms with van der Waals surface area (Å²) in [4.78, 5) is 10.1. The molecule has 10 heavy (non-hydrogen) atoms. The predicted molar refractivity (Wildman–Crippen MR) is 36.8 cm³/mol. The van der Waals surface area contributed by atoms with Crippen LogP contribution in [0, 0.1) is 5.82 Å². The van der Waals surface area contributed by atoms with Crippen LogP contribution in [0.5, 0.6) is 0 Å². The van der Waals surface area contributed by atoms with Gasteiger partial charge in [-0.3, -0.25) is 4.79 Å². The number of hydrogen-bond donors (Lipinski definition) is 0. The lowest BCUT2D eigenvalue weighted by molar-refractivity contribution is 0.112. The molecular formula is C7H4ClFO. The van der Waals surface area contributed by atoms with Crippen LogP contribution in [0.2, 0.25) is 5.02 Å². The lowest BCUT2D eigenvalue weighted by Gasteiger charge is -1.93. The summed E-state index contributed by atoms with van der Waals surface area (Å²) in [5.41, 5.74) is -0.00694. The van der Waals surface area contributed by atoms with Gasteiger partial charge < -0.3 is 0 Å². The van der Waals surface area contributed by atoms with Crippen LogP contribution in [-0.2, 0) is 0 Å². The Morgan fingerprint density at radius 1 is 1.50 bits per heavy atom. The summed E-state index contributed by atoms with van der Waals surface area (Å²) < 4.78 is 12.6. The third-order valence-corrected chi connectivity index (χ3v) is 1.40. The van der Waals surface area contributed by atoms with Gasteiger partial charge in [-0.05, 0) is 12.1 Å². The van der Waals surface area contributed by atoms with Gasteiger partial charge in [0.05, 0.1) is 10.6 Å². The van der Waals surface area contributed by atoms with E-state index in [1.807, 2.05) is 0 Å². The summed E-state index contributed by atoms with van der Waals surface area (Å²) in [5.74, 6) is -0.654. The Morgan fingerprint density at radius 3 is 2.70 bits per heavy atom. The van der Waals surface area contributed by atoms with Gasteiger partial charge in [-0.1, -0.05) is 17.7 Å². The number of aldehydes is 1. The van der Waals surface area contributed by atoms with Crippen LogP contribution in [0.3, 0.4) is 0 Å². The topological polar surface area (TPSA) is 17.1 Å². The monoisotopic (exact) mass is 164 g/mol. The smallest absolute Gasteiger partial charge is 0.153 e. The maximum absolute atomic E-state index is 12.6. The zero-order chi connectivity index (χ0) is 7.56. The standard InChI is InChI=1S/C7H4ClFO/c8-6-3-1-2-5(4-10)7(6)9/h1-4H/i1+1,2+1,3+1,5+1,6+1,7+1. The lowest BCUT2D eigenvalue weighted by atomic mass is 11.0. The van der Waals surface area contributed by atoms with E-state index in [9.17, 15) is 9.18 Å². The lowest BCUT2D eigenvalue weighted by Crippen LogP contribution is -1.86. The van der Waals surface area contributed by atoms with Crippen molar-refractivity contribution in [3.63, 3.8) is 0 Å². The van der Waals surface area contributed by atoms with E-state index in [0.717, 1.165) is 0 Å². The van der Waals surface area contributed by atoms with E-state index < -0.39 is 5.82 Å². The molecule has 0 aliphatic carbocycles. The molecule has 0 aromatic heterocycles. The van der Waals surface area contributed by atoms with Crippen molar-refractivity contribution in [3.8, 4) is 0 Å². The molecule has 0 saturated carbocycles. The van der Waals surface area contributed by atoms with Crippen LogP contribution >= 0.6 is 11.6 Å². The summed E-state index contributed by atoms with van der Waals surface area (Å²) in [6.45, 7) is 0. The third kappa shape index (κ3) is 1.16. The fraction of sp³-hybridized carbons (Fsp3) is 0. The van der Waals surface area contributed by atoms with E-state index in [0.29, 0.717) is 6.29 Å². The average Bonchev–Trinajstić information content (AvgIpc) is 1.95. The van der Waals surface area contributed by atoms with Crippen molar-refractivity contribution < 1.29 is 9.18 Å². The maximum atomic E-state index is 12.6. The summed E-state index contributed by atoms with van der Waals surface area (Å²) in [6.07, 6.45) is 0.432. The SMILES string of the molecule is O=C[13c]1[13cH][13cH][13cH][13c](Cl)[13c]1F. The second-order valence-corrected chi connectivity index (χ2v) is 2.17.